The smallest absolute Gasteiger partial charge is 0.0719 e. The Morgan fingerprint density at radius 2 is 1.67 bits per heavy atom. The quantitative estimate of drug-likeness (QED) is 0.558. The van der Waals surface area contributed by atoms with Crippen LogP contribution in [0.1, 0.15) is 34.1 Å². The number of rotatable bonds is 2. The summed E-state index contributed by atoms with van der Waals surface area (Å²) < 4.78 is 0. The van der Waals surface area contributed by atoms with Gasteiger partial charge in [-0.1, -0.05) is 69.4 Å². The fourth-order valence-corrected chi connectivity index (χ4v) is 0.254. The van der Waals surface area contributed by atoms with Gasteiger partial charge in [0.05, 0.1) is 4.99 Å². The summed E-state index contributed by atoms with van der Waals surface area (Å²) in [5.74, 6) is 0. The summed E-state index contributed by atoms with van der Waals surface area (Å²) in [5, 5.41) is 2.76. The number of nitrogens with one attached hydrogen (secondary N) is 1. The zero-order valence-corrected chi connectivity index (χ0v) is 11.5. The van der Waals surface area contributed by atoms with Gasteiger partial charge in [0.1, 0.15) is 0 Å². The van der Waals surface area contributed by atoms with Crippen LogP contribution in [0.3, 0.4) is 0 Å². The minimum Gasteiger partial charge on any atom is -0.383 e. The molecule has 0 aliphatic rings. The zero-order chi connectivity index (χ0) is 12.5. The summed E-state index contributed by atoms with van der Waals surface area (Å²) in [6.45, 7) is 11.6. The van der Waals surface area contributed by atoms with Crippen molar-refractivity contribution in [2.45, 2.75) is 34.1 Å². The molecule has 0 atom stereocenters. The first kappa shape index (κ1) is 19.6. The van der Waals surface area contributed by atoms with Crippen LogP contribution >= 0.6 is 12.2 Å². The molecule has 0 aliphatic carbocycles. The molecule has 0 saturated carbocycles. The van der Waals surface area contributed by atoms with E-state index in [0.717, 1.165) is 4.99 Å². The highest BCUT2D eigenvalue weighted by atomic mass is 32.1. The first-order valence-electron chi connectivity index (χ1n) is 5.19. The van der Waals surface area contributed by atoms with Crippen molar-refractivity contribution in [1.82, 2.24) is 5.32 Å². The van der Waals surface area contributed by atoms with E-state index in [4.69, 9.17) is 0 Å². The Hall–Kier alpha value is -0.890. The highest BCUT2D eigenvalue weighted by Crippen LogP contribution is 1.74. The molecule has 15 heavy (non-hydrogen) atoms. The lowest BCUT2D eigenvalue weighted by Crippen LogP contribution is -2.09. The Kier molecular flexibility index (Phi) is 30.3. The summed E-state index contributed by atoms with van der Waals surface area (Å²) in [7, 11) is 1.81. The van der Waals surface area contributed by atoms with Crippen LogP contribution in [0, 0.1) is 0 Å². The molecule has 0 bridgehead atoms. The monoisotopic (exact) mass is 227 g/mol. The second-order valence-corrected chi connectivity index (χ2v) is 3.27. The summed E-state index contributed by atoms with van der Waals surface area (Å²) in [5.41, 5.74) is 0. The van der Waals surface area contributed by atoms with Gasteiger partial charge in [-0.15, -0.1) is 0 Å². The lowest BCUT2D eigenvalue weighted by Gasteiger charge is -1.84. The summed E-state index contributed by atoms with van der Waals surface area (Å²) in [4.78, 5) is 0.838. The Balaban J connectivity index is -0.000000158. The highest BCUT2D eigenvalue weighted by Gasteiger charge is 1.66. The van der Waals surface area contributed by atoms with E-state index in [-0.39, 0.29) is 0 Å². The van der Waals surface area contributed by atoms with Gasteiger partial charge in [0.25, 0.3) is 0 Å². The van der Waals surface area contributed by atoms with E-state index in [1.807, 2.05) is 45.2 Å². The largest absolute Gasteiger partial charge is 0.383 e. The highest BCUT2D eigenvalue weighted by molar-refractivity contribution is 7.80. The van der Waals surface area contributed by atoms with E-state index < -0.39 is 0 Å². The van der Waals surface area contributed by atoms with Gasteiger partial charge in [0, 0.05) is 7.05 Å². The number of hydrogen-bond donors (Lipinski definition) is 1. The third kappa shape index (κ3) is 62.0. The van der Waals surface area contributed by atoms with Gasteiger partial charge >= 0.3 is 0 Å². The number of hydrogen-bond acceptors (Lipinski definition) is 1. The maximum atomic E-state index is 4.59. The van der Waals surface area contributed by atoms with E-state index >= 15 is 0 Å². The van der Waals surface area contributed by atoms with Crippen LogP contribution in [0.15, 0.2) is 37.0 Å². The van der Waals surface area contributed by atoms with Crippen molar-refractivity contribution in [3.8, 4) is 0 Å². The molecule has 0 aromatic heterocycles. The number of allylic oxidation sites excluding steroid dienone is 5. The molecular weight excluding hydrogens is 202 g/mol. The van der Waals surface area contributed by atoms with Crippen LogP contribution in [0.2, 0.25) is 0 Å². The van der Waals surface area contributed by atoms with Crippen molar-refractivity contribution in [2.75, 3.05) is 7.05 Å². The minimum atomic E-state index is 0.838. The molecule has 0 heterocycles. The summed E-state index contributed by atoms with van der Waals surface area (Å²) in [6, 6.07) is 0. The maximum absolute atomic E-state index is 4.59. The van der Waals surface area contributed by atoms with Crippen LogP contribution in [0.5, 0.6) is 0 Å². The van der Waals surface area contributed by atoms with E-state index in [1.54, 1.807) is 6.08 Å². The van der Waals surface area contributed by atoms with Gasteiger partial charge < -0.3 is 5.32 Å². The van der Waals surface area contributed by atoms with Gasteiger partial charge in [-0.25, -0.2) is 0 Å². The van der Waals surface area contributed by atoms with Gasteiger partial charge in [-0.05, 0) is 13.8 Å². The molecule has 0 aliphatic heterocycles. The zero-order valence-electron chi connectivity index (χ0n) is 10.7. The Morgan fingerprint density at radius 1 is 1.27 bits per heavy atom. The molecule has 0 saturated heterocycles. The minimum absolute atomic E-state index is 0.838. The molecule has 0 spiro atoms. The van der Waals surface area contributed by atoms with Crippen LogP contribution in [0.4, 0.5) is 0 Å². The molecule has 2 heteroatoms. The first-order valence-corrected chi connectivity index (χ1v) is 5.60. The van der Waals surface area contributed by atoms with Crippen LogP contribution in [0.25, 0.3) is 0 Å². The third-order valence-corrected chi connectivity index (χ3v) is 1.11. The second-order valence-electron chi connectivity index (χ2n) is 2.66. The van der Waals surface area contributed by atoms with Crippen molar-refractivity contribution in [2.24, 2.45) is 0 Å². The van der Waals surface area contributed by atoms with Crippen molar-refractivity contribution in [3.63, 3.8) is 0 Å². The molecule has 1 nitrogen and oxygen atoms in total. The normalized spacial score (nSPS) is 8.60. The molecule has 0 amide bonds. The van der Waals surface area contributed by atoms with E-state index in [9.17, 15) is 0 Å². The summed E-state index contributed by atoms with van der Waals surface area (Å²) in [6.07, 6.45) is 10.8. The summed E-state index contributed by atoms with van der Waals surface area (Å²) >= 11 is 4.59. The van der Waals surface area contributed by atoms with Gasteiger partial charge in [-0.3, -0.25) is 0 Å². The van der Waals surface area contributed by atoms with E-state index in [2.05, 4.69) is 38.0 Å². The van der Waals surface area contributed by atoms with Crippen LogP contribution in [-0.4, -0.2) is 12.0 Å². The SMILES string of the molecule is C=C/C=C\C=C/C.CCC.CNC(C)=S. The molecule has 0 rings (SSSR count). The molecule has 0 radical (unpaired) electrons. The van der Waals surface area contributed by atoms with E-state index in [0.29, 0.717) is 0 Å². The predicted molar refractivity (Wildman–Crippen MR) is 77.4 cm³/mol. The standard InChI is InChI=1S/C7H10.C3H7NS.C3H8/c1-3-5-7-6-4-2;1-3(5)4-2;1-3-2/h3-7H,1H2,2H3;1-2H3,(H,4,5);3H2,1-2H3/b6-4-,7-5-;;. The maximum Gasteiger partial charge on any atom is 0.0719 e. The second kappa shape index (κ2) is 23.2. The van der Waals surface area contributed by atoms with Crippen molar-refractivity contribution < 1.29 is 0 Å². The van der Waals surface area contributed by atoms with Crippen molar-refractivity contribution in [3.05, 3.63) is 37.0 Å². The first-order chi connectivity index (χ1) is 7.10. The van der Waals surface area contributed by atoms with Gasteiger partial charge in [0.2, 0.25) is 0 Å². The van der Waals surface area contributed by atoms with Crippen LogP contribution < -0.4 is 5.32 Å². The molecule has 0 aromatic carbocycles. The van der Waals surface area contributed by atoms with E-state index in [1.165, 1.54) is 6.42 Å². The number of thiocarbonyl (C=S) groups is 1. The Morgan fingerprint density at radius 3 is 1.87 bits per heavy atom. The molecule has 88 valence electrons. The predicted octanol–water partition coefficient (Wildman–Crippen LogP) is 4.27. The average molecular weight is 227 g/mol. The molecule has 0 unspecified atom stereocenters. The topological polar surface area (TPSA) is 12.0 Å². The fraction of sp³-hybridized carbons (Fsp3) is 0.462. The Bertz CT molecular complexity index is 181. The van der Waals surface area contributed by atoms with Gasteiger partial charge in [-0.2, -0.15) is 0 Å². The lowest BCUT2D eigenvalue weighted by molar-refractivity contribution is 1.09. The molecule has 0 fully saturated rings. The van der Waals surface area contributed by atoms with Crippen LogP contribution in [-0.2, 0) is 0 Å². The fourth-order valence-electron chi connectivity index (χ4n) is 0.254. The van der Waals surface area contributed by atoms with Crippen molar-refractivity contribution in [1.29, 1.82) is 0 Å². The molecular formula is C13H25NS. The van der Waals surface area contributed by atoms with Crippen molar-refractivity contribution >= 4 is 17.2 Å². The Labute approximate surface area is 101 Å². The molecule has 1 N–H and O–H groups in total. The van der Waals surface area contributed by atoms with Gasteiger partial charge in [0.15, 0.2) is 0 Å². The average Bonchev–Trinajstić information content (AvgIpc) is 2.21. The molecule has 0 aromatic rings. The third-order valence-electron chi connectivity index (χ3n) is 0.903. The lowest BCUT2D eigenvalue weighted by atomic mass is 10.4.